The van der Waals surface area contributed by atoms with Crippen molar-refractivity contribution < 1.29 is 14.7 Å². The highest BCUT2D eigenvalue weighted by Gasteiger charge is 2.25. The number of anilines is 1. The summed E-state index contributed by atoms with van der Waals surface area (Å²) in [6.07, 6.45) is 2.89. The minimum atomic E-state index is -1.07. The molecule has 0 aromatic carbocycles. The molecule has 0 atom stereocenters. The monoisotopic (exact) mass is 275 g/mol. The molecule has 0 spiro atoms. The molecule has 1 fully saturated rings. The highest BCUT2D eigenvalue weighted by molar-refractivity contribution is 6.04. The van der Waals surface area contributed by atoms with E-state index >= 15 is 0 Å². The summed E-state index contributed by atoms with van der Waals surface area (Å²) in [5.74, 6) is -1.19. The average Bonchev–Trinajstić information content (AvgIpc) is 2.79. The van der Waals surface area contributed by atoms with Gasteiger partial charge in [-0.2, -0.15) is 5.10 Å². The molecule has 1 amide bonds. The maximum atomic E-state index is 11.5. The van der Waals surface area contributed by atoms with Gasteiger partial charge in [0, 0.05) is 26.3 Å². The van der Waals surface area contributed by atoms with Crippen molar-refractivity contribution in [1.29, 1.82) is 0 Å². The molecular formula is C12H13N5O3. The number of carbonyl (C=O) groups is 2. The number of aromatic nitrogens is 3. The number of rotatable bonds is 2. The van der Waals surface area contributed by atoms with Crippen molar-refractivity contribution in [3.8, 4) is 0 Å². The van der Waals surface area contributed by atoms with Gasteiger partial charge in [-0.15, -0.1) is 0 Å². The molecule has 0 saturated carbocycles. The van der Waals surface area contributed by atoms with Crippen molar-refractivity contribution in [3.05, 3.63) is 18.0 Å². The Bertz CT molecular complexity index is 708. The molecule has 1 aliphatic rings. The Hall–Kier alpha value is -2.64. The number of aromatic carboxylic acids is 1. The fourth-order valence-electron chi connectivity index (χ4n) is 2.41. The Kier molecular flexibility index (Phi) is 2.78. The number of pyridine rings is 1. The number of carboxylic acids is 1. The number of amides is 1. The smallest absolute Gasteiger partial charge is 0.339 e. The first-order valence-corrected chi connectivity index (χ1v) is 6.13. The fraction of sp³-hybridized carbons (Fsp3) is 0.333. The number of hydrogen-bond acceptors (Lipinski definition) is 5. The van der Waals surface area contributed by atoms with Gasteiger partial charge in [0.25, 0.3) is 0 Å². The van der Waals surface area contributed by atoms with Crippen molar-refractivity contribution in [3.63, 3.8) is 0 Å². The average molecular weight is 275 g/mol. The van der Waals surface area contributed by atoms with Crippen molar-refractivity contribution in [2.24, 2.45) is 7.05 Å². The van der Waals surface area contributed by atoms with Gasteiger partial charge in [0.15, 0.2) is 5.65 Å². The number of aryl methyl sites for hydroxylation is 1. The standard InChI is InChI=1S/C12H13N5O3/c1-16-11-7(5-15-16)10(8(4-14-11)12(19)20)17-3-2-13-9(18)6-17/h4-5H,2-3,6H2,1H3,(H,13,18)(H,19,20). The third-order valence-electron chi connectivity index (χ3n) is 3.32. The van der Waals surface area contributed by atoms with Crippen LogP contribution in [-0.4, -0.2) is 51.4 Å². The molecule has 1 aliphatic heterocycles. The van der Waals surface area contributed by atoms with E-state index in [1.54, 1.807) is 22.8 Å². The number of piperazine rings is 1. The van der Waals surface area contributed by atoms with Crippen LogP contribution >= 0.6 is 0 Å². The highest BCUT2D eigenvalue weighted by Crippen LogP contribution is 2.29. The minimum absolute atomic E-state index is 0.0835. The van der Waals surface area contributed by atoms with Crippen molar-refractivity contribution in [2.75, 3.05) is 24.5 Å². The van der Waals surface area contributed by atoms with Crippen LogP contribution < -0.4 is 10.2 Å². The largest absolute Gasteiger partial charge is 0.478 e. The Labute approximate surface area is 114 Å². The second-order valence-electron chi connectivity index (χ2n) is 4.60. The molecule has 0 aliphatic carbocycles. The minimum Gasteiger partial charge on any atom is -0.478 e. The van der Waals surface area contributed by atoms with Crippen molar-refractivity contribution in [2.45, 2.75) is 0 Å². The van der Waals surface area contributed by atoms with Gasteiger partial charge in [0.1, 0.15) is 5.56 Å². The Morgan fingerprint density at radius 2 is 2.25 bits per heavy atom. The van der Waals surface area contributed by atoms with Crippen LogP contribution in [0.15, 0.2) is 12.4 Å². The lowest BCUT2D eigenvalue weighted by Crippen LogP contribution is -2.48. The van der Waals surface area contributed by atoms with Gasteiger partial charge < -0.3 is 15.3 Å². The molecule has 0 radical (unpaired) electrons. The number of fused-ring (bicyclic) bond motifs is 1. The molecule has 3 heterocycles. The predicted molar refractivity (Wildman–Crippen MR) is 70.7 cm³/mol. The molecule has 20 heavy (non-hydrogen) atoms. The van der Waals surface area contributed by atoms with Crippen LogP contribution in [0.4, 0.5) is 5.69 Å². The zero-order chi connectivity index (χ0) is 14.3. The Balaban J connectivity index is 2.21. The second kappa shape index (κ2) is 4.48. The fourth-order valence-corrected chi connectivity index (χ4v) is 2.41. The molecule has 0 bridgehead atoms. The number of nitrogens with one attached hydrogen (secondary N) is 1. The van der Waals surface area contributed by atoms with Gasteiger partial charge in [0.05, 0.1) is 23.8 Å². The molecular weight excluding hydrogens is 262 g/mol. The number of carboxylic acid groups (broad SMARTS) is 1. The summed E-state index contributed by atoms with van der Waals surface area (Å²) in [7, 11) is 1.74. The van der Waals surface area contributed by atoms with Gasteiger partial charge >= 0.3 is 5.97 Å². The topological polar surface area (TPSA) is 100 Å². The van der Waals surface area contributed by atoms with E-state index in [1.807, 2.05) is 0 Å². The summed E-state index contributed by atoms with van der Waals surface area (Å²) in [6.45, 7) is 1.18. The molecule has 104 valence electrons. The normalized spacial score (nSPS) is 15.4. The SMILES string of the molecule is Cn1ncc2c(N3CCNC(=O)C3)c(C(=O)O)cnc21. The molecule has 1 saturated heterocycles. The third kappa shape index (κ3) is 1.85. The summed E-state index contributed by atoms with van der Waals surface area (Å²) in [5.41, 5.74) is 1.18. The van der Waals surface area contributed by atoms with Crippen LogP contribution in [0.25, 0.3) is 11.0 Å². The Morgan fingerprint density at radius 1 is 1.45 bits per heavy atom. The lowest BCUT2D eigenvalue weighted by atomic mass is 10.1. The zero-order valence-electron chi connectivity index (χ0n) is 10.8. The first-order chi connectivity index (χ1) is 9.58. The van der Waals surface area contributed by atoms with E-state index in [0.29, 0.717) is 29.8 Å². The number of nitrogens with zero attached hydrogens (tertiary/aromatic N) is 4. The first kappa shape index (κ1) is 12.4. The second-order valence-corrected chi connectivity index (χ2v) is 4.60. The molecule has 2 N–H and O–H groups in total. The van der Waals surface area contributed by atoms with Gasteiger partial charge in [-0.25, -0.2) is 9.78 Å². The highest BCUT2D eigenvalue weighted by atomic mass is 16.4. The van der Waals surface area contributed by atoms with Crippen LogP contribution in [0, 0.1) is 0 Å². The van der Waals surface area contributed by atoms with Crippen LogP contribution in [0.3, 0.4) is 0 Å². The van der Waals surface area contributed by atoms with Gasteiger partial charge in [-0.3, -0.25) is 9.48 Å². The number of carbonyl (C=O) groups excluding carboxylic acids is 1. The predicted octanol–water partition coefficient (Wildman–Crippen LogP) is -0.397. The van der Waals surface area contributed by atoms with Crippen LogP contribution in [0.2, 0.25) is 0 Å². The summed E-state index contributed by atoms with van der Waals surface area (Å²) in [4.78, 5) is 28.8. The van der Waals surface area contributed by atoms with Gasteiger partial charge in [0.2, 0.25) is 5.91 Å². The van der Waals surface area contributed by atoms with E-state index in [9.17, 15) is 14.7 Å². The molecule has 8 heteroatoms. The maximum absolute atomic E-state index is 11.5. The van der Waals surface area contributed by atoms with E-state index < -0.39 is 5.97 Å². The Morgan fingerprint density at radius 3 is 2.95 bits per heavy atom. The molecule has 3 rings (SSSR count). The van der Waals surface area contributed by atoms with E-state index in [1.165, 1.54) is 6.20 Å². The molecule has 0 unspecified atom stereocenters. The molecule has 2 aromatic rings. The van der Waals surface area contributed by atoms with Gasteiger partial charge in [-0.1, -0.05) is 0 Å². The first-order valence-electron chi connectivity index (χ1n) is 6.13. The summed E-state index contributed by atoms with van der Waals surface area (Å²) >= 11 is 0. The van der Waals surface area contributed by atoms with Crippen LogP contribution in [-0.2, 0) is 11.8 Å². The summed E-state index contributed by atoms with van der Waals surface area (Å²) in [6, 6.07) is 0. The quantitative estimate of drug-likeness (QED) is 0.773. The van der Waals surface area contributed by atoms with Crippen molar-refractivity contribution >= 4 is 28.6 Å². The third-order valence-corrected chi connectivity index (χ3v) is 3.32. The molecule has 2 aromatic heterocycles. The van der Waals surface area contributed by atoms with E-state index in [2.05, 4.69) is 15.4 Å². The zero-order valence-corrected chi connectivity index (χ0v) is 10.8. The summed E-state index contributed by atoms with van der Waals surface area (Å²) in [5, 5.41) is 16.8. The molecule has 8 nitrogen and oxygen atoms in total. The maximum Gasteiger partial charge on any atom is 0.339 e. The van der Waals surface area contributed by atoms with Crippen LogP contribution in [0.5, 0.6) is 0 Å². The van der Waals surface area contributed by atoms with Gasteiger partial charge in [-0.05, 0) is 0 Å². The van der Waals surface area contributed by atoms with E-state index in [-0.39, 0.29) is 18.0 Å². The summed E-state index contributed by atoms with van der Waals surface area (Å²) < 4.78 is 1.58. The lowest BCUT2D eigenvalue weighted by Gasteiger charge is -2.29. The number of hydrogen-bond donors (Lipinski definition) is 2. The van der Waals surface area contributed by atoms with E-state index in [4.69, 9.17) is 0 Å². The van der Waals surface area contributed by atoms with Crippen LogP contribution in [0.1, 0.15) is 10.4 Å². The van der Waals surface area contributed by atoms with E-state index in [0.717, 1.165) is 0 Å². The van der Waals surface area contributed by atoms with Crippen molar-refractivity contribution in [1.82, 2.24) is 20.1 Å². The lowest BCUT2D eigenvalue weighted by molar-refractivity contribution is -0.120.